The zero-order valence-corrected chi connectivity index (χ0v) is 17.2. The standard InChI is InChI=1S/C19H32N4O2S/c1-4-6-7-8-9-10-11-12-14-26-19-20-16-15(23(19)13-5-2)17(24)21-18(25)22(16)3/h4-14H2,1-3H3,(H,21,24,25). The topological polar surface area (TPSA) is 72.7 Å². The van der Waals surface area contributed by atoms with Crippen molar-refractivity contribution < 1.29 is 0 Å². The minimum Gasteiger partial charge on any atom is -0.313 e. The van der Waals surface area contributed by atoms with Crippen LogP contribution in [0.15, 0.2) is 14.7 Å². The third kappa shape index (κ3) is 5.25. The molecule has 0 radical (unpaired) electrons. The maximum absolute atomic E-state index is 12.2. The molecule has 0 fully saturated rings. The molecule has 0 aliphatic carbocycles. The molecule has 0 saturated heterocycles. The van der Waals surface area contributed by atoms with Crippen molar-refractivity contribution in [2.24, 2.45) is 7.05 Å². The number of H-pyrrole nitrogens is 1. The molecule has 0 saturated carbocycles. The zero-order chi connectivity index (χ0) is 18.9. The number of thioether (sulfide) groups is 1. The average Bonchev–Trinajstić information content (AvgIpc) is 2.98. The molecule has 146 valence electrons. The Labute approximate surface area is 159 Å². The fraction of sp³-hybridized carbons (Fsp3) is 0.737. The average molecular weight is 381 g/mol. The van der Waals surface area contributed by atoms with E-state index in [1.54, 1.807) is 18.8 Å². The number of aromatic nitrogens is 4. The van der Waals surface area contributed by atoms with Crippen LogP contribution >= 0.6 is 11.8 Å². The number of nitrogens with one attached hydrogen (secondary N) is 1. The van der Waals surface area contributed by atoms with Gasteiger partial charge in [0.2, 0.25) is 0 Å². The molecule has 2 rings (SSSR count). The normalized spacial score (nSPS) is 11.5. The van der Waals surface area contributed by atoms with Crippen LogP contribution in [0.4, 0.5) is 0 Å². The molecule has 0 amide bonds. The van der Waals surface area contributed by atoms with E-state index in [-0.39, 0.29) is 5.56 Å². The molecule has 26 heavy (non-hydrogen) atoms. The van der Waals surface area contributed by atoms with Crippen molar-refractivity contribution in [2.45, 2.75) is 83.3 Å². The lowest BCUT2D eigenvalue weighted by atomic mass is 10.1. The van der Waals surface area contributed by atoms with Crippen LogP contribution in [0.5, 0.6) is 0 Å². The van der Waals surface area contributed by atoms with Gasteiger partial charge < -0.3 is 4.57 Å². The quantitative estimate of drug-likeness (QED) is 0.445. The molecule has 0 unspecified atom stereocenters. The van der Waals surface area contributed by atoms with E-state index in [2.05, 4.69) is 23.8 Å². The number of imidazole rings is 1. The SMILES string of the molecule is CCCCCCCCCCSc1nc2c(c(=O)[nH]c(=O)n2C)n1CCC. The first-order valence-electron chi connectivity index (χ1n) is 9.92. The van der Waals surface area contributed by atoms with E-state index in [1.807, 2.05) is 4.57 Å². The lowest BCUT2D eigenvalue weighted by Crippen LogP contribution is -2.29. The van der Waals surface area contributed by atoms with Crippen molar-refractivity contribution in [1.29, 1.82) is 0 Å². The van der Waals surface area contributed by atoms with Crippen molar-refractivity contribution in [3.05, 3.63) is 20.8 Å². The first-order valence-corrected chi connectivity index (χ1v) is 10.9. The van der Waals surface area contributed by atoms with Gasteiger partial charge in [-0.2, -0.15) is 0 Å². The van der Waals surface area contributed by atoms with Crippen molar-refractivity contribution in [3.8, 4) is 0 Å². The molecular formula is C19H32N4O2S. The molecular weight excluding hydrogens is 348 g/mol. The van der Waals surface area contributed by atoms with Crippen molar-refractivity contribution in [3.63, 3.8) is 0 Å². The highest BCUT2D eigenvalue weighted by molar-refractivity contribution is 7.99. The summed E-state index contributed by atoms with van der Waals surface area (Å²) in [6, 6.07) is 0. The number of unbranched alkanes of at least 4 members (excludes halogenated alkanes) is 7. The minimum absolute atomic E-state index is 0.344. The molecule has 6 nitrogen and oxygen atoms in total. The second-order valence-electron chi connectivity index (χ2n) is 6.86. The van der Waals surface area contributed by atoms with Gasteiger partial charge in [-0.05, 0) is 12.8 Å². The highest BCUT2D eigenvalue weighted by Crippen LogP contribution is 2.23. The smallest absolute Gasteiger partial charge is 0.313 e. The summed E-state index contributed by atoms with van der Waals surface area (Å²) < 4.78 is 3.38. The number of aryl methyl sites for hydroxylation is 2. The molecule has 1 N–H and O–H groups in total. The van der Waals surface area contributed by atoms with Gasteiger partial charge in [0.25, 0.3) is 5.56 Å². The van der Waals surface area contributed by atoms with Gasteiger partial charge in [-0.25, -0.2) is 9.78 Å². The maximum Gasteiger partial charge on any atom is 0.329 e. The molecule has 0 aromatic carbocycles. The lowest BCUT2D eigenvalue weighted by Gasteiger charge is -2.06. The van der Waals surface area contributed by atoms with Gasteiger partial charge in [0.1, 0.15) is 0 Å². The number of rotatable bonds is 12. The first kappa shape index (κ1) is 20.8. The van der Waals surface area contributed by atoms with Crippen molar-refractivity contribution in [2.75, 3.05) is 5.75 Å². The third-order valence-electron chi connectivity index (χ3n) is 4.65. The molecule has 0 aliphatic heterocycles. The van der Waals surface area contributed by atoms with Crippen LogP contribution < -0.4 is 11.2 Å². The van der Waals surface area contributed by atoms with Gasteiger partial charge >= 0.3 is 5.69 Å². The van der Waals surface area contributed by atoms with Crippen LogP contribution in [0.2, 0.25) is 0 Å². The van der Waals surface area contributed by atoms with Crippen LogP contribution in [-0.4, -0.2) is 24.9 Å². The van der Waals surface area contributed by atoms with Gasteiger partial charge in [0, 0.05) is 19.3 Å². The summed E-state index contributed by atoms with van der Waals surface area (Å²) in [7, 11) is 1.65. The second-order valence-corrected chi connectivity index (χ2v) is 7.92. The largest absolute Gasteiger partial charge is 0.329 e. The van der Waals surface area contributed by atoms with E-state index in [1.165, 1.54) is 49.5 Å². The fourth-order valence-corrected chi connectivity index (χ4v) is 4.18. The molecule has 7 heteroatoms. The minimum atomic E-state index is -0.414. The Balaban J connectivity index is 1.96. The summed E-state index contributed by atoms with van der Waals surface area (Å²) in [5, 5.41) is 0.844. The summed E-state index contributed by atoms with van der Waals surface area (Å²) >= 11 is 1.69. The summed E-state index contributed by atoms with van der Waals surface area (Å²) in [5.74, 6) is 0.994. The van der Waals surface area contributed by atoms with Crippen LogP contribution in [0.3, 0.4) is 0 Å². The maximum atomic E-state index is 12.2. The van der Waals surface area contributed by atoms with Crippen LogP contribution in [-0.2, 0) is 13.6 Å². The van der Waals surface area contributed by atoms with Gasteiger partial charge in [0.05, 0.1) is 0 Å². The summed E-state index contributed by atoms with van der Waals surface area (Å²) in [6.45, 7) is 5.06. The molecule has 0 aliphatic rings. The molecule has 0 spiro atoms. The molecule has 0 atom stereocenters. The first-order chi connectivity index (χ1) is 12.6. The number of nitrogens with zero attached hydrogens (tertiary/aromatic N) is 3. The van der Waals surface area contributed by atoms with Crippen molar-refractivity contribution >= 4 is 22.9 Å². The number of fused-ring (bicyclic) bond motifs is 1. The molecule has 2 aromatic rings. The predicted octanol–water partition coefficient (Wildman–Crippen LogP) is 4.07. The molecule has 2 heterocycles. The fourth-order valence-electron chi connectivity index (χ4n) is 3.16. The summed E-state index contributed by atoms with van der Waals surface area (Å²) in [4.78, 5) is 31.0. The Morgan fingerprint density at radius 3 is 2.27 bits per heavy atom. The van der Waals surface area contributed by atoms with Gasteiger partial charge in [-0.1, -0.05) is 70.6 Å². The Bertz CT molecular complexity index is 806. The third-order valence-corrected chi connectivity index (χ3v) is 5.71. The van der Waals surface area contributed by atoms with Gasteiger partial charge in [-0.15, -0.1) is 0 Å². The van der Waals surface area contributed by atoms with Gasteiger partial charge in [-0.3, -0.25) is 14.3 Å². The van der Waals surface area contributed by atoms with E-state index in [4.69, 9.17) is 0 Å². The highest BCUT2D eigenvalue weighted by Gasteiger charge is 2.16. The van der Waals surface area contributed by atoms with Crippen LogP contribution in [0.25, 0.3) is 11.2 Å². The van der Waals surface area contributed by atoms with E-state index < -0.39 is 5.69 Å². The Morgan fingerprint density at radius 1 is 0.962 bits per heavy atom. The number of hydrogen-bond acceptors (Lipinski definition) is 4. The zero-order valence-electron chi connectivity index (χ0n) is 16.3. The molecule has 2 aromatic heterocycles. The van der Waals surface area contributed by atoms with E-state index in [9.17, 15) is 9.59 Å². The summed E-state index contributed by atoms with van der Waals surface area (Å²) in [5.41, 5.74) is 0.226. The van der Waals surface area contributed by atoms with Crippen molar-refractivity contribution in [1.82, 2.24) is 19.1 Å². The number of hydrogen-bond donors (Lipinski definition) is 1. The van der Waals surface area contributed by atoms with Crippen LogP contribution in [0, 0.1) is 0 Å². The number of aromatic amines is 1. The van der Waals surface area contributed by atoms with Gasteiger partial charge in [0.15, 0.2) is 16.3 Å². The highest BCUT2D eigenvalue weighted by atomic mass is 32.2. The predicted molar refractivity (Wildman–Crippen MR) is 109 cm³/mol. The second kappa shape index (κ2) is 10.6. The van der Waals surface area contributed by atoms with Crippen LogP contribution in [0.1, 0.15) is 71.6 Å². The monoisotopic (exact) mass is 380 g/mol. The van der Waals surface area contributed by atoms with E-state index in [0.29, 0.717) is 11.2 Å². The lowest BCUT2D eigenvalue weighted by molar-refractivity contribution is 0.586. The Morgan fingerprint density at radius 2 is 1.62 bits per heavy atom. The molecule has 0 bridgehead atoms. The summed E-state index contributed by atoms with van der Waals surface area (Å²) in [6.07, 6.45) is 11.3. The van der Waals surface area contributed by atoms with E-state index >= 15 is 0 Å². The Kier molecular flexibility index (Phi) is 8.48. The Hall–Kier alpha value is -1.50. The van der Waals surface area contributed by atoms with E-state index in [0.717, 1.165) is 30.3 Å².